The van der Waals surface area contributed by atoms with E-state index in [1.54, 1.807) is 4.68 Å². The molecule has 0 saturated carbocycles. The van der Waals surface area contributed by atoms with Crippen LogP contribution in [-0.4, -0.2) is 74.9 Å². The first-order chi connectivity index (χ1) is 11.1. The number of aromatic nitrogens is 4. The van der Waals surface area contributed by atoms with Gasteiger partial charge in [0, 0.05) is 26.2 Å². The number of amides is 1. The lowest BCUT2D eigenvalue weighted by Gasteiger charge is -2.32. The molecule has 1 fully saturated rings. The quantitative estimate of drug-likeness (QED) is 0.773. The van der Waals surface area contributed by atoms with Gasteiger partial charge in [0.25, 0.3) is 0 Å². The highest BCUT2D eigenvalue weighted by Gasteiger charge is 2.20. The molecule has 3 rings (SSSR count). The van der Waals surface area contributed by atoms with E-state index < -0.39 is 0 Å². The molecule has 1 aliphatic rings. The van der Waals surface area contributed by atoms with E-state index in [0.717, 1.165) is 37.4 Å². The van der Waals surface area contributed by atoms with E-state index in [4.69, 9.17) is 0 Å². The molecule has 1 aliphatic heterocycles. The number of carbonyl (C=O) groups excluding carboxylic acids is 1. The van der Waals surface area contributed by atoms with Crippen molar-refractivity contribution in [2.45, 2.75) is 12.1 Å². The highest BCUT2D eigenvalue weighted by molar-refractivity contribution is 7.99. The number of piperazine rings is 1. The third-order valence-electron chi connectivity index (χ3n) is 3.97. The molecule has 7 nitrogen and oxygen atoms in total. The highest BCUT2D eigenvalue weighted by Crippen LogP contribution is 2.20. The third kappa shape index (κ3) is 3.70. The maximum Gasteiger partial charge on any atom is 0.233 e. The summed E-state index contributed by atoms with van der Waals surface area (Å²) in [5.74, 6) is 0.498. The van der Waals surface area contributed by atoms with Crippen LogP contribution in [0.3, 0.4) is 0 Å². The fraction of sp³-hybridized carbons (Fsp3) is 0.467. The zero-order valence-electron chi connectivity index (χ0n) is 13.3. The molecule has 2 heterocycles. The average molecular weight is 332 g/mol. The van der Waals surface area contributed by atoms with Crippen LogP contribution >= 0.6 is 11.8 Å². The number of benzene rings is 1. The SMILES string of the molecule is Cc1ccccc1-n1nnnc1SCC(=O)N1CCN(C)CC1. The Kier molecular flexibility index (Phi) is 4.92. The Morgan fingerprint density at radius 2 is 1.96 bits per heavy atom. The van der Waals surface area contributed by atoms with Crippen molar-refractivity contribution >= 4 is 17.7 Å². The number of aryl methyl sites for hydroxylation is 1. The largest absolute Gasteiger partial charge is 0.339 e. The van der Waals surface area contributed by atoms with Gasteiger partial charge < -0.3 is 9.80 Å². The fourth-order valence-corrected chi connectivity index (χ4v) is 3.28. The van der Waals surface area contributed by atoms with E-state index >= 15 is 0 Å². The predicted molar refractivity (Wildman–Crippen MR) is 88.7 cm³/mol. The molecule has 1 saturated heterocycles. The lowest BCUT2D eigenvalue weighted by Crippen LogP contribution is -2.47. The molecule has 8 heteroatoms. The summed E-state index contributed by atoms with van der Waals surface area (Å²) in [7, 11) is 2.08. The number of para-hydroxylation sites is 1. The minimum absolute atomic E-state index is 0.141. The van der Waals surface area contributed by atoms with Crippen molar-refractivity contribution in [1.29, 1.82) is 0 Å². The van der Waals surface area contributed by atoms with Crippen LogP contribution in [-0.2, 0) is 4.79 Å². The van der Waals surface area contributed by atoms with E-state index in [-0.39, 0.29) is 5.91 Å². The van der Waals surface area contributed by atoms with Gasteiger partial charge in [0.2, 0.25) is 11.1 Å². The van der Waals surface area contributed by atoms with Gasteiger partial charge in [-0.3, -0.25) is 4.79 Å². The van der Waals surface area contributed by atoms with Crippen LogP contribution < -0.4 is 0 Å². The van der Waals surface area contributed by atoms with Gasteiger partial charge in [0.05, 0.1) is 11.4 Å². The van der Waals surface area contributed by atoms with Gasteiger partial charge in [-0.15, -0.1) is 5.10 Å². The van der Waals surface area contributed by atoms with E-state index in [0.29, 0.717) is 10.9 Å². The number of carbonyl (C=O) groups is 1. The Morgan fingerprint density at radius 1 is 1.22 bits per heavy atom. The lowest BCUT2D eigenvalue weighted by atomic mass is 10.2. The number of hydrogen-bond acceptors (Lipinski definition) is 6. The molecule has 23 heavy (non-hydrogen) atoms. The van der Waals surface area contributed by atoms with Gasteiger partial charge in [0.15, 0.2) is 0 Å². The Balaban J connectivity index is 1.65. The average Bonchev–Trinajstić information content (AvgIpc) is 3.02. The highest BCUT2D eigenvalue weighted by atomic mass is 32.2. The van der Waals surface area contributed by atoms with Crippen molar-refractivity contribution in [3.63, 3.8) is 0 Å². The molecule has 1 amide bonds. The van der Waals surface area contributed by atoms with Crippen molar-refractivity contribution < 1.29 is 4.79 Å². The van der Waals surface area contributed by atoms with Gasteiger partial charge in [-0.25, -0.2) is 0 Å². The number of hydrogen-bond donors (Lipinski definition) is 0. The molecule has 0 atom stereocenters. The first-order valence-electron chi connectivity index (χ1n) is 7.58. The van der Waals surface area contributed by atoms with Crippen LogP contribution in [0.1, 0.15) is 5.56 Å². The summed E-state index contributed by atoms with van der Waals surface area (Å²) < 4.78 is 1.69. The standard InChI is InChI=1S/C15H20N6OS/c1-12-5-3-4-6-13(12)21-15(16-17-18-21)23-11-14(22)20-9-7-19(2)8-10-20/h3-6H,7-11H2,1-2H3. The number of tetrazole rings is 1. The summed E-state index contributed by atoms with van der Waals surface area (Å²) in [6.45, 7) is 5.45. The Labute approximate surface area is 139 Å². The van der Waals surface area contributed by atoms with Crippen molar-refractivity contribution in [2.24, 2.45) is 0 Å². The predicted octanol–water partition coefficient (Wildman–Crippen LogP) is 0.837. The normalized spacial score (nSPS) is 15.8. The summed E-state index contributed by atoms with van der Waals surface area (Å²) in [5.41, 5.74) is 2.03. The van der Waals surface area contributed by atoms with E-state index in [1.807, 2.05) is 36.1 Å². The van der Waals surface area contributed by atoms with Crippen molar-refractivity contribution in [1.82, 2.24) is 30.0 Å². The monoisotopic (exact) mass is 332 g/mol. The molecular formula is C15H20N6OS. The van der Waals surface area contributed by atoms with E-state index in [2.05, 4.69) is 27.5 Å². The molecule has 0 spiro atoms. The first-order valence-corrected chi connectivity index (χ1v) is 8.57. The molecule has 122 valence electrons. The van der Waals surface area contributed by atoms with Crippen molar-refractivity contribution in [3.8, 4) is 5.69 Å². The molecule has 1 aromatic heterocycles. The summed E-state index contributed by atoms with van der Waals surface area (Å²) in [5, 5.41) is 12.5. The summed E-state index contributed by atoms with van der Waals surface area (Å²) in [6, 6.07) is 7.92. The van der Waals surface area contributed by atoms with Gasteiger partial charge >= 0.3 is 0 Å². The van der Waals surface area contributed by atoms with Gasteiger partial charge in [0.1, 0.15) is 0 Å². The van der Waals surface area contributed by atoms with Crippen LogP contribution in [0.2, 0.25) is 0 Å². The molecule has 1 aromatic carbocycles. The maximum absolute atomic E-state index is 12.3. The smallest absolute Gasteiger partial charge is 0.233 e. The number of thioether (sulfide) groups is 1. The Bertz CT molecular complexity index is 680. The van der Waals surface area contributed by atoms with Gasteiger partial charge in [-0.1, -0.05) is 30.0 Å². The number of likely N-dealkylation sites (N-methyl/N-ethyl adjacent to an activating group) is 1. The molecule has 0 N–H and O–H groups in total. The third-order valence-corrected chi connectivity index (χ3v) is 4.87. The Hall–Kier alpha value is -1.93. The van der Waals surface area contributed by atoms with Crippen molar-refractivity contribution in [2.75, 3.05) is 39.0 Å². The Morgan fingerprint density at radius 3 is 2.70 bits per heavy atom. The lowest BCUT2D eigenvalue weighted by molar-refractivity contribution is -0.129. The summed E-state index contributed by atoms with van der Waals surface area (Å²) in [4.78, 5) is 16.5. The fourth-order valence-electron chi connectivity index (χ4n) is 2.49. The van der Waals surface area contributed by atoms with E-state index in [9.17, 15) is 4.79 Å². The molecule has 0 bridgehead atoms. The van der Waals surface area contributed by atoms with Crippen LogP contribution in [0.4, 0.5) is 0 Å². The zero-order chi connectivity index (χ0) is 16.2. The van der Waals surface area contributed by atoms with Gasteiger partial charge in [-0.2, -0.15) is 4.68 Å². The van der Waals surface area contributed by atoms with Crippen LogP contribution in [0, 0.1) is 6.92 Å². The number of nitrogens with zero attached hydrogens (tertiary/aromatic N) is 6. The second-order valence-electron chi connectivity index (χ2n) is 5.63. The van der Waals surface area contributed by atoms with Crippen LogP contribution in [0.15, 0.2) is 29.4 Å². The summed E-state index contributed by atoms with van der Waals surface area (Å²) in [6.07, 6.45) is 0. The maximum atomic E-state index is 12.3. The van der Waals surface area contributed by atoms with Crippen LogP contribution in [0.25, 0.3) is 5.69 Å². The minimum atomic E-state index is 0.141. The molecule has 0 radical (unpaired) electrons. The minimum Gasteiger partial charge on any atom is -0.339 e. The topological polar surface area (TPSA) is 67.2 Å². The molecule has 2 aromatic rings. The summed E-state index contributed by atoms with van der Waals surface area (Å²) >= 11 is 1.38. The molecular weight excluding hydrogens is 312 g/mol. The van der Waals surface area contributed by atoms with Crippen LogP contribution in [0.5, 0.6) is 0 Å². The second-order valence-corrected chi connectivity index (χ2v) is 6.57. The zero-order valence-corrected chi connectivity index (χ0v) is 14.2. The van der Waals surface area contributed by atoms with E-state index in [1.165, 1.54) is 11.8 Å². The molecule has 0 unspecified atom stereocenters. The first kappa shape index (κ1) is 15.9. The second kappa shape index (κ2) is 7.10. The number of rotatable bonds is 4. The van der Waals surface area contributed by atoms with Crippen molar-refractivity contribution in [3.05, 3.63) is 29.8 Å². The molecule has 0 aliphatic carbocycles. The van der Waals surface area contributed by atoms with Gasteiger partial charge in [-0.05, 0) is 36.0 Å².